The van der Waals surface area contributed by atoms with Crippen molar-refractivity contribution in [2.45, 2.75) is 18.9 Å². The maximum Gasteiger partial charge on any atom is 0.337 e. The van der Waals surface area contributed by atoms with Crippen LogP contribution in [-0.2, 0) is 4.74 Å². The fraction of sp³-hybridized carbons (Fsp3) is 0.500. The Bertz CT molecular complexity index is 447. The van der Waals surface area contributed by atoms with E-state index in [4.69, 9.17) is 21.4 Å². The van der Waals surface area contributed by atoms with E-state index >= 15 is 0 Å². The van der Waals surface area contributed by atoms with Crippen molar-refractivity contribution in [1.82, 2.24) is 4.98 Å². The number of aromatic carboxylic acids is 1. The molecule has 0 spiro atoms. The number of halogens is 1. The van der Waals surface area contributed by atoms with Crippen molar-refractivity contribution in [1.29, 1.82) is 0 Å². The molecule has 18 heavy (non-hydrogen) atoms. The van der Waals surface area contributed by atoms with Gasteiger partial charge in [-0.15, -0.1) is 0 Å². The number of carboxylic acids is 1. The van der Waals surface area contributed by atoms with Crippen LogP contribution in [0.25, 0.3) is 0 Å². The second kappa shape index (κ2) is 5.54. The van der Waals surface area contributed by atoms with Crippen LogP contribution in [0.2, 0.25) is 5.02 Å². The Morgan fingerprint density at radius 1 is 1.72 bits per heavy atom. The lowest BCUT2D eigenvalue weighted by Gasteiger charge is -2.22. The summed E-state index contributed by atoms with van der Waals surface area (Å²) in [5, 5.41) is 9.15. The van der Waals surface area contributed by atoms with Gasteiger partial charge in [0.1, 0.15) is 5.82 Å². The second-order valence-corrected chi connectivity index (χ2v) is 4.75. The minimum Gasteiger partial charge on any atom is -0.478 e. The van der Waals surface area contributed by atoms with Crippen LogP contribution in [0.15, 0.2) is 12.3 Å². The van der Waals surface area contributed by atoms with Gasteiger partial charge in [-0.25, -0.2) is 9.78 Å². The third-order valence-corrected chi connectivity index (χ3v) is 3.27. The van der Waals surface area contributed by atoms with Gasteiger partial charge in [0.25, 0.3) is 0 Å². The second-order valence-electron chi connectivity index (χ2n) is 4.34. The van der Waals surface area contributed by atoms with E-state index in [0.717, 1.165) is 19.4 Å². The molecule has 1 aromatic rings. The van der Waals surface area contributed by atoms with Gasteiger partial charge in [-0.2, -0.15) is 0 Å². The Balaban J connectivity index is 2.11. The first-order chi connectivity index (χ1) is 8.58. The van der Waals surface area contributed by atoms with Crippen molar-refractivity contribution in [3.8, 4) is 0 Å². The molecule has 0 radical (unpaired) electrons. The van der Waals surface area contributed by atoms with E-state index in [-0.39, 0.29) is 16.7 Å². The summed E-state index contributed by atoms with van der Waals surface area (Å²) in [7, 11) is 1.86. The van der Waals surface area contributed by atoms with Gasteiger partial charge in [-0.1, -0.05) is 11.6 Å². The molecule has 0 aromatic carbocycles. The molecule has 1 saturated heterocycles. The van der Waals surface area contributed by atoms with Crippen LogP contribution in [0.1, 0.15) is 23.2 Å². The van der Waals surface area contributed by atoms with Gasteiger partial charge in [0, 0.05) is 26.4 Å². The summed E-state index contributed by atoms with van der Waals surface area (Å²) in [4.78, 5) is 17.0. The van der Waals surface area contributed by atoms with Crippen LogP contribution in [0.3, 0.4) is 0 Å². The Morgan fingerprint density at radius 3 is 3.11 bits per heavy atom. The molecule has 98 valence electrons. The lowest BCUT2D eigenvalue weighted by molar-refractivity contribution is 0.0697. The number of hydrogen-bond acceptors (Lipinski definition) is 4. The number of pyridine rings is 1. The van der Waals surface area contributed by atoms with Gasteiger partial charge in [-0.3, -0.25) is 0 Å². The number of carbonyl (C=O) groups is 1. The summed E-state index contributed by atoms with van der Waals surface area (Å²) in [6.07, 6.45) is 3.67. The van der Waals surface area contributed by atoms with Crippen molar-refractivity contribution in [3.05, 3.63) is 22.8 Å². The van der Waals surface area contributed by atoms with Gasteiger partial charge >= 0.3 is 5.97 Å². The van der Waals surface area contributed by atoms with Crippen LogP contribution >= 0.6 is 11.6 Å². The molecule has 0 bridgehead atoms. The number of ether oxygens (including phenoxy) is 1. The van der Waals surface area contributed by atoms with E-state index < -0.39 is 5.97 Å². The summed E-state index contributed by atoms with van der Waals surface area (Å²) in [5.41, 5.74) is 0.0702. The van der Waals surface area contributed by atoms with Crippen LogP contribution in [0.5, 0.6) is 0 Å². The number of likely N-dealkylation sites (N-methyl/N-ethyl adjacent to an activating group) is 1. The number of anilines is 1. The summed E-state index contributed by atoms with van der Waals surface area (Å²) >= 11 is 5.78. The predicted molar refractivity (Wildman–Crippen MR) is 68.5 cm³/mol. The summed E-state index contributed by atoms with van der Waals surface area (Å²) in [6.45, 7) is 1.50. The largest absolute Gasteiger partial charge is 0.478 e. The SMILES string of the molecule is CN(CC1CCCO1)c1cc(C(=O)O)c(Cl)cn1. The van der Waals surface area contributed by atoms with E-state index in [1.54, 1.807) is 0 Å². The highest BCUT2D eigenvalue weighted by Crippen LogP contribution is 2.21. The quantitative estimate of drug-likeness (QED) is 0.907. The molecular weight excluding hydrogens is 256 g/mol. The number of hydrogen-bond donors (Lipinski definition) is 1. The van der Waals surface area contributed by atoms with E-state index in [2.05, 4.69) is 4.98 Å². The highest BCUT2D eigenvalue weighted by Gasteiger charge is 2.19. The van der Waals surface area contributed by atoms with E-state index in [1.165, 1.54) is 12.3 Å². The van der Waals surface area contributed by atoms with Crippen molar-refractivity contribution in [2.75, 3.05) is 25.1 Å². The Labute approximate surface area is 110 Å². The van der Waals surface area contributed by atoms with E-state index in [0.29, 0.717) is 12.4 Å². The molecule has 1 aliphatic rings. The molecule has 1 atom stereocenters. The predicted octanol–water partition coefficient (Wildman–Crippen LogP) is 2.05. The van der Waals surface area contributed by atoms with Crippen LogP contribution in [0, 0.1) is 0 Å². The molecule has 1 aliphatic heterocycles. The van der Waals surface area contributed by atoms with Gasteiger partial charge in [-0.05, 0) is 18.9 Å². The zero-order chi connectivity index (χ0) is 13.1. The molecule has 1 fully saturated rings. The summed E-state index contributed by atoms with van der Waals surface area (Å²) in [5.74, 6) is -0.457. The van der Waals surface area contributed by atoms with Gasteiger partial charge in [0.2, 0.25) is 0 Å². The maximum atomic E-state index is 11.0. The normalized spacial score (nSPS) is 18.9. The van der Waals surface area contributed by atoms with E-state index in [9.17, 15) is 4.79 Å². The third-order valence-electron chi connectivity index (χ3n) is 2.96. The standard InChI is InChI=1S/C12H15ClN2O3/c1-15(7-8-3-2-4-18-8)11-5-9(12(16)17)10(13)6-14-11/h5-6,8H,2-4,7H2,1H3,(H,16,17). The summed E-state index contributed by atoms with van der Waals surface area (Å²) < 4.78 is 5.53. The molecule has 5 nitrogen and oxygen atoms in total. The summed E-state index contributed by atoms with van der Waals surface area (Å²) in [6, 6.07) is 1.49. The van der Waals surface area contributed by atoms with Crippen molar-refractivity contribution in [3.63, 3.8) is 0 Å². The van der Waals surface area contributed by atoms with Crippen molar-refractivity contribution >= 4 is 23.4 Å². The van der Waals surface area contributed by atoms with Crippen LogP contribution < -0.4 is 4.90 Å². The third kappa shape index (κ3) is 2.91. The van der Waals surface area contributed by atoms with Crippen LogP contribution in [-0.4, -0.2) is 42.4 Å². The van der Waals surface area contributed by atoms with Gasteiger partial charge < -0.3 is 14.7 Å². The molecule has 2 heterocycles. The minimum absolute atomic E-state index is 0.0702. The van der Waals surface area contributed by atoms with Gasteiger partial charge in [0.05, 0.1) is 16.7 Å². The number of rotatable bonds is 4. The minimum atomic E-state index is -1.05. The maximum absolute atomic E-state index is 11.0. The van der Waals surface area contributed by atoms with Crippen molar-refractivity contribution < 1.29 is 14.6 Å². The molecule has 0 saturated carbocycles. The molecular formula is C12H15ClN2O3. The van der Waals surface area contributed by atoms with Crippen LogP contribution in [0.4, 0.5) is 5.82 Å². The average molecular weight is 271 g/mol. The Kier molecular flexibility index (Phi) is 4.04. The Morgan fingerprint density at radius 2 is 2.50 bits per heavy atom. The lowest BCUT2D eigenvalue weighted by atomic mass is 10.2. The molecule has 1 N–H and O–H groups in total. The molecule has 6 heteroatoms. The molecule has 0 amide bonds. The average Bonchev–Trinajstić information content (AvgIpc) is 2.81. The Hall–Kier alpha value is -1.33. The topological polar surface area (TPSA) is 62.7 Å². The number of aromatic nitrogens is 1. The molecule has 1 unspecified atom stereocenters. The molecule has 0 aliphatic carbocycles. The zero-order valence-electron chi connectivity index (χ0n) is 10.1. The number of carboxylic acid groups (broad SMARTS) is 1. The molecule has 2 rings (SSSR count). The fourth-order valence-corrected chi connectivity index (χ4v) is 2.17. The van der Waals surface area contributed by atoms with Gasteiger partial charge in [0.15, 0.2) is 0 Å². The van der Waals surface area contributed by atoms with Crippen molar-refractivity contribution in [2.24, 2.45) is 0 Å². The molecule has 1 aromatic heterocycles. The lowest BCUT2D eigenvalue weighted by Crippen LogP contribution is -2.29. The van der Waals surface area contributed by atoms with E-state index in [1.807, 2.05) is 11.9 Å². The highest BCUT2D eigenvalue weighted by molar-refractivity contribution is 6.33. The first kappa shape index (κ1) is 13.1. The monoisotopic (exact) mass is 270 g/mol. The first-order valence-electron chi connectivity index (χ1n) is 5.79. The smallest absolute Gasteiger partial charge is 0.337 e. The first-order valence-corrected chi connectivity index (χ1v) is 6.17. The zero-order valence-corrected chi connectivity index (χ0v) is 10.9. The number of nitrogens with zero attached hydrogens (tertiary/aromatic N) is 2. The highest BCUT2D eigenvalue weighted by atomic mass is 35.5. The fourth-order valence-electron chi connectivity index (χ4n) is 1.99.